The molecule has 0 radical (unpaired) electrons. The van der Waals surface area contributed by atoms with Crippen molar-refractivity contribution in [2.24, 2.45) is 0 Å². The van der Waals surface area contributed by atoms with Crippen LogP contribution in [0.2, 0.25) is 0 Å². The molecule has 1 atom stereocenters. The van der Waals surface area contributed by atoms with Gasteiger partial charge in [0.25, 0.3) is 10.1 Å². The van der Waals surface area contributed by atoms with Crippen LogP contribution in [0, 0.1) is 0 Å². The monoisotopic (exact) mass is 260 g/mol. The van der Waals surface area contributed by atoms with Gasteiger partial charge in [0.05, 0.1) is 18.8 Å². The highest BCUT2D eigenvalue weighted by molar-refractivity contribution is 7.85. The van der Waals surface area contributed by atoms with E-state index >= 15 is 0 Å². The second kappa shape index (κ2) is 7.98. The molecular weight excluding hydrogens is 248 g/mol. The summed E-state index contributed by atoms with van der Waals surface area (Å²) in [6.07, 6.45) is -2.54. The van der Waals surface area contributed by atoms with Crippen LogP contribution in [0.4, 0.5) is 0 Å². The number of carboxylic acids is 2. The number of carbonyl (C=O) groups is 2. The van der Waals surface area contributed by atoms with Crippen LogP contribution in [-0.4, -0.2) is 63.8 Å². The van der Waals surface area contributed by atoms with Crippen LogP contribution in [0.5, 0.6) is 0 Å². The summed E-state index contributed by atoms with van der Waals surface area (Å²) in [4.78, 5) is 19.4. The van der Waals surface area contributed by atoms with Gasteiger partial charge in [-0.2, -0.15) is 8.42 Å². The maximum atomic E-state index is 9.72. The number of aliphatic carboxylic acids is 2. The van der Waals surface area contributed by atoms with E-state index < -0.39 is 46.9 Å². The second-order valence-electron chi connectivity index (χ2n) is 2.46. The molecule has 96 valence electrons. The van der Waals surface area contributed by atoms with Crippen molar-refractivity contribution < 1.29 is 43.0 Å². The fraction of sp³-hybridized carbons (Fsp3) is 0.667. The second-order valence-corrected chi connectivity index (χ2v) is 4.03. The van der Waals surface area contributed by atoms with E-state index in [1.54, 1.807) is 0 Å². The van der Waals surface area contributed by atoms with Crippen molar-refractivity contribution in [2.45, 2.75) is 12.5 Å². The average Bonchev–Trinajstić information content (AvgIpc) is 2.01. The molecule has 0 fully saturated rings. The van der Waals surface area contributed by atoms with Crippen LogP contribution in [0.3, 0.4) is 0 Å². The molecule has 0 saturated heterocycles. The highest BCUT2D eigenvalue weighted by Gasteiger charge is 2.16. The first kappa shape index (κ1) is 17.2. The van der Waals surface area contributed by atoms with Crippen LogP contribution < -0.4 is 0 Å². The maximum absolute atomic E-state index is 9.72. The third-order valence-corrected chi connectivity index (χ3v) is 1.70. The predicted molar refractivity (Wildman–Crippen MR) is 49.4 cm³/mol. The minimum atomic E-state index is -3.92. The summed E-state index contributed by atoms with van der Waals surface area (Å²) in [6, 6.07) is 0. The molecule has 1 unspecified atom stereocenters. The lowest BCUT2D eigenvalue weighted by Crippen LogP contribution is -2.22. The van der Waals surface area contributed by atoms with E-state index in [1.165, 1.54) is 0 Å². The van der Waals surface area contributed by atoms with Gasteiger partial charge in [-0.25, -0.2) is 4.79 Å². The van der Waals surface area contributed by atoms with Crippen molar-refractivity contribution >= 4 is 22.1 Å². The number of rotatable bonds is 5. The van der Waals surface area contributed by atoms with Crippen molar-refractivity contribution in [2.75, 3.05) is 12.4 Å². The Hall–Kier alpha value is -1.23. The van der Waals surface area contributed by atoms with E-state index in [-0.39, 0.29) is 0 Å². The number of aliphatic hydroxyl groups excluding tert-OH is 2. The van der Waals surface area contributed by atoms with Gasteiger partial charge in [0.1, 0.15) is 0 Å². The summed E-state index contributed by atoms with van der Waals surface area (Å²) in [5, 5.41) is 32.0. The minimum Gasteiger partial charge on any atom is -0.481 e. The predicted octanol–water partition coefficient (Wildman–Crippen LogP) is -2.23. The van der Waals surface area contributed by atoms with E-state index in [0.29, 0.717) is 0 Å². The number of hydrogen-bond acceptors (Lipinski definition) is 6. The molecule has 0 aliphatic rings. The summed E-state index contributed by atoms with van der Waals surface area (Å²) < 4.78 is 27.1. The van der Waals surface area contributed by atoms with Crippen LogP contribution in [0.1, 0.15) is 6.42 Å². The Morgan fingerprint density at radius 3 is 1.69 bits per heavy atom. The van der Waals surface area contributed by atoms with E-state index in [9.17, 15) is 18.0 Å². The molecule has 0 aliphatic heterocycles. The minimum absolute atomic E-state index is 0.529. The van der Waals surface area contributed by atoms with Gasteiger partial charge in [-0.1, -0.05) is 0 Å². The molecule has 0 heterocycles. The van der Waals surface area contributed by atoms with E-state index in [4.69, 9.17) is 25.0 Å². The van der Waals surface area contributed by atoms with Crippen LogP contribution in [0.25, 0.3) is 0 Å². The van der Waals surface area contributed by atoms with Gasteiger partial charge in [-0.05, 0) is 0 Å². The normalized spacial score (nSPS) is 12.2. The Labute approximate surface area is 90.7 Å². The van der Waals surface area contributed by atoms with Gasteiger partial charge in [0, 0.05) is 0 Å². The van der Waals surface area contributed by atoms with E-state index in [0.717, 1.165) is 0 Å². The van der Waals surface area contributed by atoms with Crippen LogP contribution in [0.15, 0.2) is 0 Å². The third-order valence-electron chi connectivity index (χ3n) is 1.00. The third kappa shape index (κ3) is 15.3. The lowest BCUT2D eigenvalue weighted by Gasteiger charge is -1.97. The molecule has 0 spiro atoms. The smallest absolute Gasteiger partial charge is 0.333 e. The van der Waals surface area contributed by atoms with Crippen molar-refractivity contribution in [3.05, 3.63) is 0 Å². The Kier molecular flexibility index (Phi) is 8.57. The zero-order valence-corrected chi connectivity index (χ0v) is 8.79. The first-order valence-electron chi connectivity index (χ1n) is 3.78. The largest absolute Gasteiger partial charge is 0.481 e. The van der Waals surface area contributed by atoms with Crippen molar-refractivity contribution in [3.8, 4) is 0 Å². The summed E-state index contributed by atoms with van der Waals surface area (Å²) in [5.74, 6) is -3.42. The maximum Gasteiger partial charge on any atom is 0.333 e. The molecule has 0 aromatic heterocycles. The topological polar surface area (TPSA) is 169 Å². The Bertz CT molecular complexity index is 319. The zero-order chi connectivity index (χ0) is 13.4. The fourth-order valence-electron chi connectivity index (χ4n) is 0.368. The first-order chi connectivity index (χ1) is 7.10. The Balaban J connectivity index is 0. The molecule has 0 aromatic carbocycles. The number of carboxylic acid groups (broad SMARTS) is 2. The van der Waals surface area contributed by atoms with E-state index in [2.05, 4.69) is 0 Å². The lowest BCUT2D eigenvalue weighted by molar-refractivity contribution is -0.152. The number of hydrogen-bond donors (Lipinski definition) is 5. The van der Waals surface area contributed by atoms with Crippen molar-refractivity contribution in [1.82, 2.24) is 0 Å². The molecule has 9 nitrogen and oxygen atoms in total. The summed E-state index contributed by atoms with van der Waals surface area (Å²) >= 11 is 0. The Morgan fingerprint density at radius 1 is 1.19 bits per heavy atom. The van der Waals surface area contributed by atoms with Gasteiger partial charge >= 0.3 is 11.9 Å². The summed E-state index contributed by atoms with van der Waals surface area (Å²) in [7, 11) is -3.92. The average molecular weight is 260 g/mol. The zero-order valence-electron chi connectivity index (χ0n) is 7.98. The quantitative estimate of drug-likeness (QED) is 0.343. The highest BCUT2D eigenvalue weighted by atomic mass is 32.2. The van der Waals surface area contributed by atoms with Gasteiger partial charge < -0.3 is 20.4 Å². The van der Waals surface area contributed by atoms with Gasteiger partial charge in [-0.3, -0.25) is 9.35 Å². The standard InChI is InChI=1S/C4H6O5.C2H6O4S/c5-2(4(8)9)1-3(6)7;3-1-2-7(4,5)6/h2,5H,1H2,(H,6,7)(H,8,9);3H,1-2H2,(H,4,5,6). The molecule has 16 heavy (non-hydrogen) atoms. The highest BCUT2D eigenvalue weighted by Crippen LogP contribution is 1.89. The van der Waals surface area contributed by atoms with E-state index in [1.807, 2.05) is 0 Å². The molecule has 0 aliphatic carbocycles. The molecular formula is C6H12O9S. The number of aliphatic hydroxyl groups is 2. The molecule has 10 heteroatoms. The molecule has 0 saturated carbocycles. The molecule has 0 rings (SSSR count). The van der Waals surface area contributed by atoms with Crippen molar-refractivity contribution in [3.63, 3.8) is 0 Å². The van der Waals surface area contributed by atoms with Gasteiger partial charge in [0.15, 0.2) is 6.10 Å². The van der Waals surface area contributed by atoms with Gasteiger partial charge in [0.2, 0.25) is 0 Å². The fourth-order valence-corrected chi connectivity index (χ4v) is 0.599. The van der Waals surface area contributed by atoms with Gasteiger partial charge in [-0.15, -0.1) is 0 Å². The van der Waals surface area contributed by atoms with Crippen molar-refractivity contribution in [1.29, 1.82) is 0 Å². The van der Waals surface area contributed by atoms with Crippen LogP contribution >= 0.6 is 0 Å². The molecule has 5 N–H and O–H groups in total. The first-order valence-corrected chi connectivity index (χ1v) is 5.39. The van der Waals surface area contributed by atoms with Crippen LogP contribution in [-0.2, 0) is 19.7 Å². The molecule has 0 aromatic rings. The summed E-state index contributed by atoms with van der Waals surface area (Å²) in [5.41, 5.74) is 0. The SMILES string of the molecule is O=C(O)CC(O)C(=O)O.O=S(=O)(O)CCO. The molecule has 0 bridgehead atoms. The molecule has 0 amide bonds. The lowest BCUT2D eigenvalue weighted by atomic mass is 10.3. The Morgan fingerprint density at radius 2 is 1.62 bits per heavy atom. The summed E-state index contributed by atoms with van der Waals surface area (Å²) in [6.45, 7) is -0.529.